The molecule has 100 valence electrons. The largest absolute Gasteiger partial charge is 0.386 e. The summed E-state index contributed by atoms with van der Waals surface area (Å²) in [7, 11) is 0. The van der Waals surface area contributed by atoms with Gasteiger partial charge < -0.3 is 15.7 Å². The van der Waals surface area contributed by atoms with Gasteiger partial charge in [0, 0.05) is 19.1 Å². The zero-order valence-corrected chi connectivity index (χ0v) is 10.1. The van der Waals surface area contributed by atoms with Crippen LogP contribution in [0, 0.1) is 0 Å². The Labute approximate surface area is 105 Å². The fraction of sp³-hybridized carbons (Fsp3) is 0.538. The number of alkyl halides is 2. The molecule has 5 heteroatoms. The van der Waals surface area contributed by atoms with Crippen LogP contribution in [0.5, 0.6) is 0 Å². The highest BCUT2D eigenvalue weighted by atomic mass is 19.3. The Morgan fingerprint density at radius 2 is 2.17 bits per heavy atom. The van der Waals surface area contributed by atoms with Gasteiger partial charge >= 0.3 is 0 Å². The van der Waals surface area contributed by atoms with E-state index in [9.17, 15) is 8.78 Å². The lowest BCUT2D eigenvalue weighted by atomic mass is 9.99. The number of fused-ring (bicyclic) bond motifs is 1. The summed E-state index contributed by atoms with van der Waals surface area (Å²) in [6.45, 7) is 1.54. The van der Waals surface area contributed by atoms with Crippen molar-refractivity contribution in [3.63, 3.8) is 0 Å². The zero-order valence-electron chi connectivity index (χ0n) is 10.1. The first-order valence-corrected chi connectivity index (χ1v) is 6.16. The van der Waals surface area contributed by atoms with E-state index in [0.717, 1.165) is 25.1 Å². The molecule has 0 radical (unpaired) electrons. The van der Waals surface area contributed by atoms with Crippen LogP contribution in [0.4, 0.5) is 8.78 Å². The molecular weight excluding hydrogens is 238 g/mol. The molecule has 1 aromatic rings. The van der Waals surface area contributed by atoms with Crippen LogP contribution in [-0.4, -0.2) is 30.7 Å². The summed E-state index contributed by atoms with van der Waals surface area (Å²) < 4.78 is 24.5. The van der Waals surface area contributed by atoms with Gasteiger partial charge in [0.2, 0.25) is 0 Å². The number of aliphatic hydroxyl groups is 1. The lowest BCUT2D eigenvalue weighted by Gasteiger charge is -2.20. The number of aliphatic hydroxyl groups excluding tert-OH is 1. The summed E-state index contributed by atoms with van der Waals surface area (Å²) in [5, 5.41) is 15.5. The van der Waals surface area contributed by atoms with Crippen molar-refractivity contribution in [3.05, 3.63) is 35.4 Å². The predicted molar refractivity (Wildman–Crippen MR) is 65.5 cm³/mol. The van der Waals surface area contributed by atoms with Crippen LogP contribution >= 0.6 is 0 Å². The molecule has 2 atom stereocenters. The van der Waals surface area contributed by atoms with Crippen molar-refractivity contribution in [2.45, 2.75) is 31.5 Å². The van der Waals surface area contributed by atoms with E-state index in [1.807, 2.05) is 24.3 Å². The molecule has 1 aliphatic rings. The highest BCUT2D eigenvalue weighted by Crippen LogP contribution is 2.23. The molecule has 0 aliphatic carbocycles. The number of benzene rings is 1. The van der Waals surface area contributed by atoms with Crippen LogP contribution in [-0.2, 0) is 6.54 Å². The van der Waals surface area contributed by atoms with E-state index in [2.05, 4.69) is 10.6 Å². The quantitative estimate of drug-likeness (QED) is 0.763. The smallest absolute Gasteiger partial charge is 0.265 e. The molecule has 0 amide bonds. The van der Waals surface area contributed by atoms with Crippen LogP contribution in [0.15, 0.2) is 24.3 Å². The van der Waals surface area contributed by atoms with Gasteiger partial charge in [-0.05, 0) is 24.1 Å². The third-order valence-electron chi connectivity index (χ3n) is 3.22. The monoisotopic (exact) mass is 256 g/mol. The Bertz CT molecular complexity index is 387. The van der Waals surface area contributed by atoms with Crippen LogP contribution < -0.4 is 10.6 Å². The van der Waals surface area contributed by atoms with Gasteiger partial charge in [-0.2, -0.15) is 0 Å². The Kier molecular flexibility index (Phi) is 4.63. The molecule has 1 aromatic carbocycles. The molecule has 0 saturated carbocycles. The minimum atomic E-state index is -2.70. The topological polar surface area (TPSA) is 44.3 Å². The standard InChI is InChI=1S/C13H18F2N2O/c14-13(15)12(18)8-17-11-5-6-16-7-9-3-1-2-4-10(9)11/h1-4,11-13,16-18H,5-8H2. The molecule has 0 spiro atoms. The normalized spacial score (nSPS) is 21.4. The second-order valence-electron chi connectivity index (χ2n) is 4.53. The van der Waals surface area contributed by atoms with Crippen molar-refractivity contribution in [1.82, 2.24) is 10.6 Å². The average Bonchev–Trinajstić information content (AvgIpc) is 2.58. The minimum absolute atomic E-state index is 0.0181. The second-order valence-corrected chi connectivity index (χ2v) is 4.53. The highest BCUT2D eigenvalue weighted by Gasteiger charge is 2.21. The van der Waals surface area contributed by atoms with Gasteiger partial charge in [0.25, 0.3) is 6.43 Å². The van der Waals surface area contributed by atoms with E-state index in [4.69, 9.17) is 5.11 Å². The van der Waals surface area contributed by atoms with E-state index in [1.165, 1.54) is 5.56 Å². The number of halogens is 2. The molecular formula is C13H18F2N2O. The first kappa shape index (κ1) is 13.4. The van der Waals surface area contributed by atoms with E-state index in [0.29, 0.717) is 0 Å². The minimum Gasteiger partial charge on any atom is -0.386 e. The van der Waals surface area contributed by atoms with Gasteiger partial charge in [-0.15, -0.1) is 0 Å². The van der Waals surface area contributed by atoms with Gasteiger partial charge in [0.1, 0.15) is 6.10 Å². The van der Waals surface area contributed by atoms with Crippen molar-refractivity contribution in [1.29, 1.82) is 0 Å². The van der Waals surface area contributed by atoms with Crippen molar-refractivity contribution >= 4 is 0 Å². The third-order valence-corrected chi connectivity index (χ3v) is 3.22. The van der Waals surface area contributed by atoms with Gasteiger partial charge in [-0.1, -0.05) is 24.3 Å². The molecule has 0 saturated heterocycles. The first-order chi connectivity index (χ1) is 8.68. The lowest BCUT2D eigenvalue weighted by Crippen LogP contribution is -2.35. The fourth-order valence-corrected chi connectivity index (χ4v) is 2.22. The molecule has 3 N–H and O–H groups in total. The summed E-state index contributed by atoms with van der Waals surface area (Å²) in [6, 6.07) is 7.98. The van der Waals surface area contributed by atoms with Crippen molar-refractivity contribution in [2.75, 3.05) is 13.1 Å². The van der Waals surface area contributed by atoms with Gasteiger partial charge in [0.15, 0.2) is 0 Å². The van der Waals surface area contributed by atoms with Crippen LogP contribution in [0.1, 0.15) is 23.6 Å². The summed E-state index contributed by atoms with van der Waals surface area (Å²) in [6.07, 6.45) is -3.47. The summed E-state index contributed by atoms with van der Waals surface area (Å²) >= 11 is 0. The van der Waals surface area contributed by atoms with E-state index in [-0.39, 0.29) is 12.6 Å². The SMILES string of the molecule is OC(CNC1CCNCc2ccccc21)C(F)F. The van der Waals surface area contributed by atoms with E-state index < -0.39 is 12.5 Å². The van der Waals surface area contributed by atoms with Gasteiger partial charge in [-0.25, -0.2) is 8.78 Å². The molecule has 2 unspecified atom stereocenters. The molecule has 0 fully saturated rings. The molecule has 3 nitrogen and oxygen atoms in total. The first-order valence-electron chi connectivity index (χ1n) is 6.16. The molecule has 1 heterocycles. The van der Waals surface area contributed by atoms with Crippen LogP contribution in [0.3, 0.4) is 0 Å². The predicted octanol–water partition coefficient (Wildman–Crippen LogP) is 1.44. The van der Waals surface area contributed by atoms with E-state index in [1.54, 1.807) is 0 Å². The summed E-state index contributed by atoms with van der Waals surface area (Å²) in [5.74, 6) is 0. The number of hydrogen-bond acceptors (Lipinski definition) is 3. The van der Waals surface area contributed by atoms with Crippen LogP contribution in [0.2, 0.25) is 0 Å². The Morgan fingerprint density at radius 3 is 2.94 bits per heavy atom. The Balaban J connectivity index is 2.04. The zero-order chi connectivity index (χ0) is 13.0. The second kappa shape index (κ2) is 6.22. The average molecular weight is 256 g/mol. The number of rotatable bonds is 4. The van der Waals surface area contributed by atoms with Crippen molar-refractivity contribution in [2.24, 2.45) is 0 Å². The number of hydrogen-bond donors (Lipinski definition) is 3. The van der Waals surface area contributed by atoms with Gasteiger partial charge in [0.05, 0.1) is 0 Å². The summed E-state index contributed by atoms with van der Waals surface area (Å²) in [5.41, 5.74) is 2.31. The third kappa shape index (κ3) is 3.25. The summed E-state index contributed by atoms with van der Waals surface area (Å²) in [4.78, 5) is 0. The molecule has 0 bridgehead atoms. The molecule has 2 rings (SSSR count). The molecule has 18 heavy (non-hydrogen) atoms. The van der Waals surface area contributed by atoms with Crippen molar-refractivity contribution < 1.29 is 13.9 Å². The molecule has 0 aromatic heterocycles. The number of nitrogens with one attached hydrogen (secondary N) is 2. The van der Waals surface area contributed by atoms with Crippen LogP contribution in [0.25, 0.3) is 0 Å². The maximum Gasteiger partial charge on any atom is 0.265 e. The lowest BCUT2D eigenvalue weighted by molar-refractivity contribution is -0.00474. The van der Waals surface area contributed by atoms with Crippen molar-refractivity contribution in [3.8, 4) is 0 Å². The van der Waals surface area contributed by atoms with Gasteiger partial charge in [-0.3, -0.25) is 0 Å². The highest BCUT2D eigenvalue weighted by molar-refractivity contribution is 5.30. The maximum absolute atomic E-state index is 12.3. The fourth-order valence-electron chi connectivity index (χ4n) is 2.22. The maximum atomic E-state index is 12.3. The van der Waals surface area contributed by atoms with E-state index >= 15 is 0 Å². The Morgan fingerprint density at radius 1 is 1.39 bits per heavy atom. The molecule has 1 aliphatic heterocycles. The Hall–Kier alpha value is -1.04.